The highest BCUT2D eigenvalue weighted by Gasteiger charge is 2.61. The smallest absolute Gasteiger partial charge is 0.240 e. The number of sulfonamides is 1. The minimum atomic E-state index is -3.65. The molecule has 2 fully saturated rings. The SMILES string of the molecule is CC(C)[C@@]12CC[C@@](C)(O1)[C@@H](Oc1cccc(Cl)c1CNS(=O)(=O)c1ccccc1)C2. The lowest BCUT2D eigenvalue weighted by Crippen LogP contribution is -2.40. The monoisotopic (exact) mass is 449 g/mol. The van der Waals surface area contributed by atoms with Gasteiger partial charge < -0.3 is 9.47 Å². The first kappa shape index (κ1) is 21.6. The van der Waals surface area contributed by atoms with E-state index in [-0.39, 0.29) is 28.7 Å². The zero-order valence-corrected chi connectivity index (χ0v) is 19.1. The summed E-state index contributed by atoms with van der Waals surface area (Å²) < 4.78 is 40.8. The van der Waals surface area contributed by atoms with Crippen molar-refractivity contribution < 1.29 is 17.9 Å². The summed E-state index contributed by atoms with van der Waals surface area (Å²) in [5, 5.41) is 0.469. The summed E-state index contributed by atoms with van der Waals surface area (Å²) in [5.41, 5.74) is 0.143. The molecule has 30 heavy (non-hydrogen) atoms. The van der Waals surface area contributed by atoms with Crippen molar-refractivity contribution in [3.8, 4) is 5.75 Å². The molecule has 2 heterocycles. The molecule has 2 bridgehead atoms. The second kappa shape index (κ2) is 7.83. The Balaban J connectivity index is 1.55. The Kier molecular flexibility index (Phi) is 5.64. The van der Waals surface area contributed by atoms with Gasteiger partial charge in [-0.3, -0.25) is 0 Å². The van der Waals surface area contributed by atoms with Gasteiger partial charge in [0.1, 0.15) is 17.5 Å². The summed E-state index contributed by atoms with van der Waals surface area (Å²) in [5.74, 6) is 1.00. The van der Waals surface area contributed by atoms with Gasteiger partial charge in [0.25, 0.3) is 0 Å². The minimum Gasteiger partial charge on any atom is -0.487 e. The van der Waals surface area contributed by atoms with E-state index >= 15 is 0 Å². The molecule has 0 aliphatic carbocycles. The van der Waals surface area contributed by atoms with Crippen molar-refractivity contribution in [2.24, 2.45) is 5.92 Å². The van der Waals surface area contributed by atoms with Crippen molar-refractivity contribution >= 4 is 21.6 Å². The van der Waals surface area contributed by atoms with E-state index in [0.29, 0.717) is 22.3 Å². The molecule has 0 spiro atoms. The van der Waals surface area contributed by atoms with Crippen LogP contribution in [0.2, 0.25) is 5.02 Å². The van der Waals surface area contributed by atoms with Crippen LogP contribution in [0.5, 0.6) is 5.75 Å². The second-order valence-corrected chi connectivity index (χ2v) is 11.0. The number of hydrogen-bond donors (Lipinski definition) is 1. The summed E-state index contributed by atoms with van der Waals surface area (Å²) in [6, 6.07) is 13.7. The lowest BCUT2D eigenvalue weighted by molar-refractivity contribution is -0.0770. The van der Waals surface area contributed by atoms with E-state index in [9.17, 15) is 8.42 Å². The van der Waals surface area contributed by atoms with Crippen molar-refractivity contribution in [3.63, 3.8) is 0 Å². The summed E-state index contributed by atoms with van der Waals surface area (Å²) in [6.45, 7) is 6.54. The van der Waals surface area contributed by atoms with Gasteiger partial charge in [0.05, 0.1) is 10.5 Å². The van der Waals surface area contributed by atoms with Crippen LogP contribution in [-0.4, -0.2) is 25.7 Å². The number of nitrogens with one attached hydrogen (secondary N) is 1. The lowest BCUT2D eigenvalue weighted by Gasteiger charge is -2.32. The standard InChI is InChI=1S/C23H28ClNO4S/c1-16(2)23-13-12-22(3,29-23)21(14-23)28-20-11-7-10-19(24)18(20)15-25-30(26,27)17-8-5-4-6-9-17/h4-11,16,21,25H,12-15H2,1-3H3/t21-,22+,23-/m0/s1. The minimum absolute atomic E-state index is 0.0475. The fourth-order valence-corrected chi connectivity index (χ4v) is 5.81. The number of halogens is 1. The molecular formula is C23H28ClNO4S. The van der Waals surface area contributed by atoms with Gasteiger partial charge in [0.15, 0.2) is 0 Å². The Labute approximate surface area is 183 Å². The van der Waals surface area contributed by atoms with E-state index < -0.39 is 10.0 Å². The third-order valence-corrected chi connectivity index (χ3v) is 8.35. The van der Waals surface area contributed by atoms with E-state index in [1.54, 1.807) is 36.4 Å². The third-order valence-electron chi connectivity index (χ3n) is 6.58. The van der Waals surface area contributed by atoms with Gasteiger partial charge in [-0.05, 0) is 49.9 Å². The molecule has 4 rings (SSSR count). The number of ether oxygens (including phenoxy) is 2. The Morgan fingerprint density at radius 3 is 2.57 bits per heavy atom. The Morgan fingerprint density at radius 2 is 1.90 bits per heavy atom. The van der Waals surface area contributed by atoms with Crippen molar-refractivity contribution in [1.82, 2.24) is 4.72 Å². The highest BCUT2D eigenvalue weighted by Crippen LogP contribution is 2.55. The van der Waals surface area contributed by atoms with Crippen LogP contribution in [0.15, 0.2) is 53.4 Å². The van der Waals surface area contributed by atoms with E-state index in [2.05, 4.69) is 25.5 Å². The molecule has 7 heteroatoms. The van der Waals surface area contributed by atoms with Crippen LogP contribution in [0.4, 0.5) is 0 Å². The Bertz CT molecular complexity index is 1030. The Morgan fingerprint density at radius 1 is 1.17 bits per heavy atom. The molecule has 2 aromatic carbocycles. The van der Waals surface area contributed by atoms with Crippen LogP contribution < -0.4 is 9.46 Å². The molecule has 2 aromatic rings. The predicted molar refractivity (Wildman–Crippen MR) is 117 cm³/mol. The molecule has 1 N–H and O–H groups in total. The maximum absolute atomic E-state index is 12.6. The highest BCUT2D eigenvalue weighted by molar-refractivity contribution is 7.89. The molecule has 0 radical (unpaired) electrons. The van der Waals surface area contributed by atoms with E-state index in [1.165, 1.54) is 0 Å². The summed E-state index contributed by atoms with van der Waals surface area (Å²) in [6.07, 6.45) is 2.71. The van der Waals surface area contributed by atoms with Gasteiger partial charge in [0, 0.05) is 23.6 Å². The Hall–Kier alpha value is -1.60. The van der Waals surface area contributed by atoms with Gasteiger partial charge in [-0.25, -0.2) is 13.1 Å². The molecule has 0 aromatic heterocycles. The zero-order chi connectivity index (χ0) is 21.6. The molecule has 2 aliphatic rings. The van der Waals surface area contributed by atoms with Crippen LogP contribution in [0, 0.1) is 5.92 Å². The maximum Gasteiger partial charge on any atom is 0.240 e. The van der Waals surface area contributed by atoms with E-state index in [1.807, 2.05) is 12.1 Å². The van der Waals surface area contributed by atoms with Gasteiger partial charge in [-0.2, -0.15) is 0 Å². The first-order valence-electron chi connectivity index (χ1n) is 10.3. The van der Waals surface area contributed by atoms with Crippen molar-refractivity contribution in [2.45, 2.75) is 68.8 Å². The molecule has 0 saturated carbocycles. The topological polar surface area (TPSA) is 64.6 Å². The van der Waals surface area contributed by atoms with Crippen LogP contribution in [0.3, 0.4) is 0 Å². The van der Waals surface area contributed by atoms with Crippen molar-refractivity contribution in [3.05, 3.63) is 59.1 Å². The molecule has 5 nitrogen and oxygen atoms in total. The number of benzene rings is 2. The first-order chi connectivity index (χ1) is 14.2. The van der Waals surface area contributed by atoms with Crippen molar-refractivity contribution in [1.29, 1.82) is 0 Å². The van der Waals surface area contributed by atoms with Gasteiger partial charge >= 0.3 is 0 Å². The van der Waals surface area contributed by atoms with E-state index in [4.69, 9.17) is 21.1 Å². The fraction of sp³-hybridized carbons (Fsp3) is 0.478. The zero-order valence-electron chi connectivity index (χ0n) is 17.5. The quantitative estimate of drug-likeness (QED) is 0.650. The van der Waals surface area contributed by atoms with Crippen molar-refractivity contribution in [2.75, 3.05) is 0 Å². The molecule has 2 aliphatic heterocycles. The molecule has 0 amide bonds. The normalized spacial score (nSPS) is 28.2. The molecule has 3 atom stereocenters. The van der Waals surface area contributed by atoms with Crippen LogP contribution in [-0.2, 0) is 21.3 Å². The van der Waals surface area contributed by atoms with Crippen LogP contribution >= 0.6 is 11.6 Å². The summed E-state index contributed by atoms with van der Waals surface area (Å²) >= 11 is 6.44. The van der Waals surface area contributed by atoms with Gasteiger partial charge in [-0.15, -0.1) is 0 Å². The van der Waals surface area contributed by atoms with Crippen LogP contribution in [0.25, 0.3) is 0 Å². The molecular weight excluding hydrogens is 422 g/mol. The molecule has 2 saturated heterocycles. The largest absolute Gasteiger partial charge is 0.487 e. The molecule has 0 unspecified atom stereocenters. The highest BCUT2D eigenvalue weighted by atomic mass is 35.5. The number of hydrogen-bond acceptors (Lipinski definition) is 4. The second-order valence-electron chi connectivity index (χ2n) is 8.80. The average molecular weight is 450 g/mol. The van der Waals surface area contributed by atoms with Gasteiger partial charge in [-0.1, -0.05) is 49.7 Å². The number of rotatable bonds is 7. The predicted octanol–water partition coefficient (Wildman–Crippen LogP) is 4.93. The summed E-state index contributed by atoms with van der Waals surface area (Å²) in [7, 11) is -3.65. The fourth-order valence-electron chi connectivity index (χ4n) is 4.56. The average Bonchev–Trinajstić information content (AvgIpc) is 3.20. The number of fused-ring (bicyclic) bond motifs is 2. The molecule has 162 valence electrons. The lowest BCUT2D eigenvalue weighted by atomic mass is 9.75. The van der Waals surface area contributed by atoms with Crippen LogP contribution in [0.1, 0.15) is 45.6 Å². The third kappa shape index (κ3) is 3.86. The van der Waals surface area contributed by atoms with E-state index in [0.717, 1.165) is 19.3 Å². The maximum atomic E-state index is 12.6. The first-order valence-corrected chi connectivity index (χ1v) is 12.2. The van der Waals surface area contributed by atoms with Gasteiger partial charge in [0.2, 0.25) is 10.0 Å². The summed E-state index contributed by atoms with van der Waals surface area (Å²) in [4.78, 5) is 0.215.